The molecule has 0 saturated heterocycles. The van der Waals surface area contributed by atoms with Gasteiger partial charge >= 0.3 is 0 Å². The van der Waals surface area contributed by atoms with E-state index in [0.717, 1.165) is 10.6 Å². The number of carbonyl (C=O) groups is 2. The number of hydrogen-bond acceptors (Lipinski definition) is 3. The predicted octanol–water partition coefficient (Wildman–Crippen LogP) is 2.31. The second kappa shape index (κ2) is 4.37. The van der Waals surface area contributed by atoms with E-state index in [2.05, 4.69) is 21.2 Å². The number of hydrogen-bond donors (Lipinski definition) is 1. The van der Waals surface area contributed by atoms with Crippen LogP contribution in [0.3, 0.4) is 0 Å². The number of anilines is 1. The smallest absolute Gasteiger partial charge is 0.234 e. The molecule has 1 heterocycles. The lowest BCUT2D eigenvalue weighted by atomic mass is 10.1. The summed E-state index contributed by atoms with van der Waals surface area (Å²) in [4.78, 5) is 23.6. The van der Waals surface area contributed by atoms with Crippen LogP contribution < -0.4 is 5.32 Å². The van der Waals surface area contributed by atoms with Crippen LogP contribution in [0, 0.1) is 0 Å². The van der Waals surface area contributed by atoms with Crippen LogP contribution in [-0.2, 0) is 4.79 Å². The normalized spacial score (nSPS) is 14.3. The third-order valence-corrected chi connectivity index (χ3v) is 3.64. The van der Waals surface area contributed by atoms with E-state index in [0.29, 0.717) is 16.6 Å². The summed E-state index contributed by atoms with van der Waals surface area (Å²) in [7, 11) is 0. The Labute approximate surface area is 99.7 Å². The van der Waals surface area contributed by atoms with Gasteiger partial charge in [0.25, 0.3) is 0 Å². The van der Waals surface area contributed by atoms with Crippen LogP contribution in [0.2, 0.25) is 0 Å². The molecule has 0 saturated carbocycles. The lowest BCUT2D eigenvalue weighted by Gasteiger charge is -2.16. The molecule has 15 heavy (non-hydrogen) atoms. The Hall–Kier alpha value is -0.810. The van der Waals surface area contributed by atoms with E-state index in [1.165, 1.54) is 11.8 Å². The molecule has 78 valence electrons. The van der Waals surface area contributed by atoms with Crippen molar-refractivity contribution in [1.29, 1.82) is 0 Å². The molecule has 0 bridgehead atoms. The minimum Gasteiger partial charge on any atom is -0.324 e. The van der Waals surface area contributed by atoms with E-state index in [4.69, 9.17) is 0 Å². The van der Waals surface area contributed by atoms with Crippen LogP contribution in [0.15, 0.2) is 23.1 Å². The zero-order valence-corrected chi connectivity index (χ0v) is 10.2. The molecule has 1 aliphatic rings. The number of amides is 1. The van der Waals surface area contributed by atoms with Crippen LogP contribution in [0.5, 0.6) is 0 Å². The van der Waals surface area contributed by atoms with Gasteiger partial charge in [-0.05, 0) is 12.1 Å². The number of alkyl halides is 1. The highest BCUT2D eigenvalue weighted by atomic mass is 79.9. The molecule has 1 aromatic rings. The minimum absolute atomic E-state index is 0.0163. The molecule has 0 aliphatic carbocycles. The van der Waals surface area contributed by atoms with Gasteiger partial charge in [-0.15, -0.1) is 11.8 Å². The third kappa shape index (κ3) is 2.23. The molecule has 0 unspecified atom stereocenters. The topological polar surface area (TPSA) is 46.2 Å². The lowest BCUT2D eigenvalue weighted by molar-refractivity contribution is -0.113. The fourth-order valence-corrected chi connectivity index (χ4v) is 2.45. The lowest BCUT2D eigenvalue weighted by Crippen LogP contribution is -2.19. The second-order valence-electron chi connectivity index (χ2n) is 3.10. The molecule has 1 aliphatic heterocycles. The first-order chi connectivity index (χ1) is 7.20. The summed E-state index contributed by atoms with van der Waals surface area (Å²) in [6, 6.07) is 5.38. The summed E-state index contributed by atoms with van der Waals surface area (Å²) < 4.78 is 0. The molecule has 0 aromatic heterocycles. The van der Waals surface area contributed by atoms with E-state index >= 15 is 0 Å². The Balaban J connectivity index is 2.36. The number of nitrogens with one attached hydrogen (secondary N) is 1. The van der Waals surface area contributed by atoms with Crippen LogP contribution in [0.4, 0.5) is 5.69 Å². The van der Waals surface area contributed by atoms with Gasteiger partial charge in [-0.1, -0.05) is 22.0 Å². The number of carbonyl (C=O) groups excluding carboxylic acids is 2. The van der Waals surface area contributed by atoms with E-state index in [1.54, 1.807) is 12.1 Å². The molecule has 1 aromatic carbocycles. The van der Waals surface area contributed by atoms with Crippen molar-refractivity contribution in [3.63, 3.8) is 0 Å². The number of ketones is 1. The van der Waals surface area contributed by atoms with Gasteiger partial charge in [0.1, 0.15) is 0 Å². The molecule has 1 amide bonds. The average molecular weight is 286 g/mol. The molecule has 0 radical (unpaired) electrons. The van der Waals surface area contributed by atoms with Crippen molar-refractivity contribution in [3.05, 3.63) is 23.8 Å². The number of thioether (sulfide) groups is 1. The van der Waals surface area contributed by atoms with Gasteiger partial charge in [0, 0.05) is 10.5 Å². The number of fused-ring (bicyclic) bond motifs is 1. The van der Waals surface area contributed by atoms with Crippen LogP contribution in [-0.4, -0.2) is 22.8 Å². The van der Waals surface area contributed by atoms with Gasteiger partial charge in [-0.2, -0.15) is 0 Å². The summed E-state index contributed by atoms with van der Waals surface area (Å²) >= 11 is 4.61. The fraction of sp³-hybridized carbons (Fsp3) is 0.200. The standard InChI is InChI=1S/C10H8BrNO2S/c11-4-8(13)6-1-2-9-7(3-6)12-10(14)5-15-9/h1-3H,4-5H2,(H,12,14). The summed E-state index contributed by atoms with van der Waals surface area (Å²) in [6.45, 7) is 0. The van der Waals surface area contributed by atoms with Crippen LogP contribution in [0.25, 0.3) is 0 Å². The van der Waals surface area contributed by atoms with Gasteiger partial charge in [-0.3, -0.25) is 9.59 Å². The highest BCUT2D eigenvalue weighted by molar-refractivity contribution is 9.09. The predicted molar refractivity (Wildman–Crippen MR) is 63.9 cm³/mol. The van der Waals surface area contributed by atoms with E-state index in [-0.39, 0.29) is 11.7 Å². The molecule has 2 rings (SSSR count). The van der Waals surface area contributed by atoms with Crippen LogP contribution >= 0.6 is 27.7 Å². The molecule has 0 spiro atoms. The number of rotatable bonds is 2. The van der Waals surface area contributed by atoms with Crippen molar-refractivity contribution in [2.24, 2.45) is 0 Å². The second-order valence-corrected chi connectivity index (χ2v) is 4.68. The Morgan fingerprint density at radius 3 is 3.07 bits per heavy atom. The quantitative estimate of drug-likeness (QED) is 0.670. The van der Waals surface area contributed by atoms with Crippen LogP contribution in [0.1, 0.15) is 10.4 Å². The van der Waals surface area contributed by atoms with E-state index < -0.39 is 0 Å². The Morgan fingerprint density at radius 2 is 2.33 bits per heavy atom. The molecule has 3 nitrogen and oxygen atoms in total. The largest absolute Gasteiger partial charge is 0.324 e. The third-order valence-electron chi connectivity index (χ3n) is 2.06. The SMILES string of the molecule is O=C1CSc2ccc(C(=O)CBr)cc2N1. The summed E-state index contributed by atoms with van der Waals surface area (Å²) in [6.07, 6.45) is 0. The van der Waals surface area contributed by atoms with Gasteiger partial charge in [0.15, 0.2) is 5.78 Å². The highest BCUT2D eigenvalue weighted by Crippen LogP contribution is 2.32. The van der Waals surface area contributed by atoms with Crippen molar-refractivity contribution in [3.8, 4) is 0 Å². The van der Waals surface area contributed by atoms with Crippen molar-refractivity contribution >= 4 is 45.1 Å². The summed E-state index contributed by atoms with van der Waals surface area (Å²) in [5, 5.41) is 3.05. The number of halogens is 1. The molecule has 1 N–H and O–H groups in total. The molecular weight excluding hydrogens is 278 g/mol. The van der Waals surface area contributed by atoms with E-state index in [1.807, 2.05) is 6.07 Å². The van der Waals surface area contributed by atoms with Crippen molar-refractivity contribution in [2.45, 2.75) is 4.90 Å². The minimum atomic E-state index is -0.0176. The van der Waals surface area contributed by atoms with Crippen molar-refractivity contribution < 1.29 is 9.59 Å². The summed E-state index contributed by atoms with van der Waals surface area (Å²) in [5.41, 5.74) is 1.36. The monoisotopic (exact) mass is 285 g/mol. The zero-order chi connectivity index (χ0) is 10.8. The first-order valence-electron chi connectivity index (χ1n) is 4.36. The number of Topliss-reactive ketones (excluding diaryl/α,β-unsaturated/α-hetero) is 1. The van der Waals surface area contributed by atoms with Gasteiger partial charge < -0.3 is 5.32 Å². The zero-order valence-electron chi connectivity index (χ0n) is 7.75. The number of benzene rings is 1. The maximum absolute atomic E-state index is 11.4. The maximum Gasteiger partial charge on any atom is 0.234 e. The van der Waals surface area contributed by atoms with Crippen molar-refractivity contribution in [1.82, 2.24) is 0 Å². The first kappa shape index (κ1) is 10.7. The molecular formula is C10H8BrNO2S. The average Bonchev–Trinajstić information content (AvgIpc) is 2.27. The Bertz CT molecular complexity index is 433. The Morgan fingerprint density at radius 1 is 1.53 bits per heavy atom. The van der Waals surface area contributed by atoms with E-state index in [9.17, 15) is 9.59 Å². The van der Waals surface area contributed by atoms with Gasteiger partial charge in [0.05, 0.1) is 16.8 Å². The van der Waals surface area contributed by atoms with Gasteiger partial charge in [-0.25, -0.2) is 0 Å². The maximum atomic E-state index is 11.4. The van der Waals surface area contributed by atoms with Crippen molar-refractivity contribution in [2.75, 3.05) is 16.4 Å². The molecule has 0 fully saturated rings. The Kier molecular flexibility index (Phi) is 3.11. The summed E-state index contributed by atoms with van der Waals surface area (Å²) in [5.74, 6) is 0.442. The molecule has 5 heteroatoms. The fourth-order valence-electron chi connectivity index (χ4n) is 1.33. The first-order valence-corrected chi connectivity index (χ1v) is 6.47. The molecule has 0 atom stereocenters. The van der Waals surface area contributed by atoms with Gasteiger partial charge in [0.2, 0.25) is 5.91 Å². The highest BCUT2D eigenvalue weighted by Gasteiger charge is 2.16.